The molecule has 3 rings (SSSR count). The lowest BCUT2D eigenvalue weighted by Crippen LogP contribution is -2.52. The third-order valence-corrected chi connectivity index (χ3v) is 5.58. The number of hydrogen-bond donors (Lipinski definition) is 1. The van der Waals surface area contributed by atoms with Gasteiger partial charge in [0.1, 0.15) is 0 Å². The first kappa shape index (κ1) is 12.9. The van der Waals surface area contributed by atoms with E-state index in [4.69, 9.17) is 9.47 Å². The molecule has 0 amide bonds. The Kier molecular flexibility index (Phi) is 3.41. The molecule has 1 spiro atoms. The van der Waals surface area contributed by atoms with Gasteiger partial charge in [0.2, 0.25) is 0 Å². The topological polar surface area (TPSA) is 38.7 Å². The highest BCUT2D eigenvalue weighted by Crippen LogP contribution is 2.47. The normalized spacial score (nSPS) is 49.7. The molecule has 1 aliphatic carbocycles. The molecular weight excluding hydrogens is 228 g/mol. The van der Waals surface area contributed by atoms with E-state index in [-0.39, 0.29) is 5.60 Å². The Labute approximate surface area is 110 Å². The minimum Gasteiger partial charge on any atom is -0.389 e. The standard InChI is InChI=1S/C15H26O3/c1-12-4-2-3-6-15(12,16)13-5-8-18-14(10-13)7-9-17-11-14/h12-13,16H,2-11H2,1H3. The van der Waals surface area contributed by atoms with E-state index in [0.29, 0.717) is 11.8 Å². The molecule has 0 radical (unpaired) electrons. The molecule has 3 aliphatic rings. The van der Waals surface area contributed by atoms with Crippen LogP contribution < -0.4 is 0 Å². The largest absolute Gasteiger partial charge is 0.389 e. The van der Waals surface area contributed by atoms with E-state index in [2.05, 4.69) is 6.92 Å². The molecule has 3 fully saturated rings. The van der Waals surface area contributed by atoms with E-state index in [1.54, 1.807) is 0 Å². The summed E-state index contributed by atoms with van der Waals surface area (Å²) in [5.41, 5.74) is -0.520. The average molecular weight is 254 g/mol. The molecule has 4 atom stereocenters. The Bertz CT molecular complexity index is 298. The summed E-state index contributed by atoms with van der Waals surface area (Å²) in [6.45, 7) is 4.57. The zero-order valence-electron chi connectivity index (χ0n) is 11.5. The average Bonchev–Trinajstić information content (AvgIpc) is 2.81. The van der Waals surface area contributed by atoms with Crippen LogP contribution in [0.1, 0.15) is 51.9 Å². The van der Waals surface area contributed by atoms with Crippen molar-refractivity contribution in [2.24, 2.45) is 11.8 Å². The van der Waals surface area contributed by atoms with Gasteiger partial charge in [-0.3, -0.25) is 0 Å². The van der Waals surface area contributed by atoms with Crippen molar-refractivity contribution < 1.29 is 14.6 Å². The lowest BCUT2D eigenvalue weighted by atomic mass is 9.64. The molecule has 1 N–H and O–H groups in total. The van der Waals surface area contributed by atoms with Gasteiger partial charge >= 0.3 is 0 Å². The molecule has 0 aromatic carbocycles. The van der Waals surface area contributed by atoms with Crippen molar-refractivity contribution in [2.45, 2.75) is 63.1 Å². The predicted octanol–water partition coefficient (Wildman–Crippen LogP) is 2.51. The molecule has 3 nitrogen and oxygen atoms in total. The lowest BCUT2D eigenvalue weighted by Gasteiger charge is -2.49. The van der Waals surface area contributed by atoms with Crippen LogP contribution in [0.4, 0.5) is 0 Å². The van der Waals surface area contributed by atoms with Crippen LogP contribution >= 0.6 is 0 Å². The van der Waals surface area contributed by atoms with Crippen LogP contribution in [0.2, 0.25) is 0 Å². The number of ether oxygens (including phenoxy) is 2. The van der Waals surface area contributed by atoms with E-state index < -0.39 is 5.60 Å². The van der Waals surface area contributed by atoms with Crippen LogP contribution in [0.5, 0.6) is 0 Å². The second-order valence-electron chi connectivity index (χ2n) is 6.66. The number of hydrogen-bond acceptors (Lipinski definition) is 3. The van der Waals surface area contributed by atoms with Crippen molar-refractivity contribution in [1.82, 2.24) is 0 Å². The van der Waals surface area contributed by atoms with Crippen molar-refractivity contribution in [3.8, 4) is 0 Å². The van der Waals surface area contributed by atoms with Gasteiger partial charge in [-0.2, -0.15) is 0 Å². The molecule has 1 saturated carbocycles. The molecule has 18 heavy (non-hydrogen) atoms. The second-order valence-corrected chi connectivity index (χ2v) is 6.66. The van der Waals surface area contributed by atoms with Crippen LogP contribution in [0.15, 0.2) is 0 Å². The van der Waals surface area contributed by atoms with Gasteiger partial charge in [0, 0.05) is 19.6 Å². The Morgan fingerprint density at radius 3 is 2.72 bits per heavy atom. The van der Waals surface area contributed by atoms with E-state index in [1.807, 2.05) is 0 Å². The molecule has 3 heteroatoms. The van der Waals surface area contributed by atoms with Gasteiger partial charge in [0.15, 0.2) is 0 Å². The first-order valence-electron chi connectivity index (χ1n) is 7.59. The summed E-state index contributed by atoms with van der Waals surface area (Å²) in [6, 6.07) is 0. The molecule has 0 aromatic heterocycles. The minimum atomic E-state index is -0.447. The summed E-state index contributed by atoms with van der Waals surface area (Å²) in [6.07, 6.45) is 7.64. The third-order valence-electron chi connectivity index (χ3n) is 5.58. The minimum absolute atomic E-state index is 0.0736. The Morgan fingerprint density at radius 2 is 2.00 bits per heavy atom. The fourth-order valence-electron chi connectivity index (χ4n) is 4.28. The summed E-state index contributed by atoms with van der Waals surface area (Å²) in [5.74, 6) is 0.844. The fourth-order valence-corrected chi connectivity index (χ4v) is 4.28. The van der Waals surface area contributed by atoms with Gasteiger partial charge in [0.05, 0.1) is 17.8 Å². The van der Waals surface area contributed by atoms with Crippen LogP contribution in [-0.4, -0.2) is 36.1 Å². The highest BCUT2D eigenvalue weighted by molar-refractivity contribution is 5.00. The predicted molar refractivity (Wildman–Crippen MR) is 69.4 cm³/mol. The van der Waals surface area contributed by atoms with Crippen LogP contribution in [0.3, 0.4) is 0 Å². The molecule has 2 aliphatic heterocycles. The molecule has 104 valence electrons. The highest BCUT2D eigenvalue weighted by Gasteiger charge is 2.50. The fraction of sp³-hybridized carbons (Fsp3) is 1.00. The van der Waals surface area contributed by atoms with Gasteiger partial charge in [-0.15, -0.1) is 0 Å². The SMILES string of the molecule is CC1CCCCC1(O)C1CCOC2(CCOC2)C1. The lowest BCUT2D eigenvalue weighted by molar-refractivity contribution is -0.166. The monoisotopic (exact) mass is 254 g/mol. The zero-order chi connectivity index (χ0) is 12.6. The first-order valence-corrected chi connectivity index (χ1v) is 7.59. The van der Waals surface area contributed by atoms with Gasteiger partial charge in [-0.1, -0.05) is 19.8 Å². The number of rotatable bonds is 1. The summed E-state index contributed by atoms with van der Waals surface area (Å²) in [5, 5.41) is 11.1. The maximum atomic E-state index is 11.1. The summed E-state index contributed by atoms with van der Waals surface area (Å²) in [4.78, 5) is 0. The van der Waals surface area contributed by atoms with Gasteiger partial charge < -0.3 is 14.6 Å². The van der Waals surface area contributed by atoms with Crippen molar-refractivity contribution in [2.75, 3.05) is 19.8 Å². The van der Waals surface area contributed by atoms with Gasteiger partial charge in [-0.25, -0.2) is 0 Å². The molecule has 2 heterocycles. The van der Waals surface area contributed by atoms with Crippen molar-refractivity contribution >= 4 is 0 Å². The van der Waals surface area contributed by atoms with Crippen LogP contribution in [0, 0.1) is 11.8 Å². The van der Waals surface area contributed by atoms with Crippen molar-refractivity contribution in [3.05, 3.63) is 0 Å². The van der Waals surface area contributed by atoms with E-state index in [9.17, 15) is 5.11 Å². The molecule has 4 unspecified atom stereocenters. The molecular formula is C15H26O3. The first-order chi connectivity index (χ1) is 8.65. The smallest absolute Gasteiger partial charge is 0.0940 e. The van der Waals surface area contributed by atoms with Crippen LogP contribution in [0.25, 0.3) is 0 Å². The molecule has 2 saturated heterocycles. The zero-order valence-corrected chi connectivity index (χ0v) is 11.5. The van der Waals surface area contributed by atoms with Gasteiger partial charge in [-0.05, 0) is 37.5 Å². The second kappa shape index (κ2) is 4.77. The van der Waals surface area contributed by atoms with E-state index >= 15 is 0 Å². The van der Waals surface area contributed by atoms with Crippen molar-refractivity contribution in [3.63, 3.8) is 0 Å². The van der Waals surface area contributed by atoms with E-state index in [0.717, 1.165) is 45.5 Å². The van der Waals surface area contributed by atoms with Crippen LogP contribution in [-0.2, 0) is 9.47 Å². The third kappa shape index (κ3) is 2.10. The summed E-state index contributed by atoms with van der Waals surface area (Å²) >= 11 is 0. The van der Waals surface area contributed by atoms with E-state index in [1.165, 1.54) is 19.3 Å². The quantitative estimate of drug-likeness (QED) is 0.781. The van der Waals surface area contributed by atoms with Gasteiger partial charge in [0.25, 0.3) is 0 Å². The maximum Gasteiger partial charge on any atom is 0.0940 e. The number of aliphatic hydroxyl groups is 1. The Balaban J connectivity index is 1.74. The van der Waals surface area contributed by atoms with Crippen molar-refractivity contribution in [1.29, 1.82) is 0 Å². The molecule has 0 aromatic rings. The molecule has 0 bridgehead atoms. The summed E-state index contributed by atoms with van der Waals surface area (Å²) < 4.78 is 11.5. The maximum absolute atomic E-state index is 11.1. The summed E-state index contributed by atoms with van der Waals surface area (Å²) in [7, 11) is 0. The Hall–Kier alpha value is -0.120. The Morgan fingerprint density at radius 1 is 1.11 bits per heavy atom. The highest BCUT2D eigenvalue weighted by atomic mass is 16.6.